The molecule has 0 aromatic heterocycles. The molecule has 1 nitrogen and oxygen atoms in total. The summed E-state index contributed by atoms with van der Waals surface area (Å²) in [5.41, 5.74) is 3.40. The van der Waals surface area contributed by atoms with Gasteiger partial charge in [0.05, 0.1) is 7.11 Å². The molecule has 0 aromatic rings. The lowest BCUT2D eigenvalue weighted by molar-refractivity contribution is 0.302. The molecule has 0 radical (unpaired) electrons. The molecule has 0 amide bonds. The summed E-state index contributed by atoms with van der Waals surface area (Å²) < 4.78 is 5.52. The number of allylic oxidation sites excluding steroid dienone is 11. The van der Waals surface area contributed by atoms with Crippen molar-refractivity contribution in [2.75, 3.05) is 7.11 Å². The van der Waals surface area contributed by atoms with Gasteiger partial charge >= 0.3 is 0 Å². The van der Waals surface area contributed by atoms with Crippen molar-refractivity contribution in [3.63, 3.8) is 0 Å². The minimum absolute atomic E-state index is 0.825. The third-order valence-corrected chi connectivity index (χ3v) is 3.12. The van der Waals surface area contributed by atoms with Gasteiger partial charge in [0, 0.05) is 5.57 Å². The molecule has 1 aliphatic rings. The molecule has 106 valence electrons. The molecule has 0 fully saturated rings. The second-order valence-electron chi connectivity index (χ2n) is 4.45. The van der Waals surface area contributed by atoms with E-state index in [0.29, 0.717) is 0 Å². The monoisotopic (exact) mass is 268 g/mol. The summed E-state index contributed by atoms with van der Waals surface area (Å²) in [7, 11) is 1.69. The van der Waals surface area contributed by atoms with Gasteiger partial charge in [-0.25, -0.2) is 0 Å². The van der Waals surface area contributed by atoms with Crippen LogP contribution in [0.4, 0.5) is 0 Å². The van der Waals surface area contributed by atoms with Crippen LogP contribution in [0.5, 0.6) is 0 Å². The van der Waals surface area contributed by atoms with Crippen LogP contribution in [-0.2, 0) is 4.74 Å². The normalized spacial score (nSPS) is 17.4. The Hall–Kier alpha value is -2.02. The predicted octanol–water partition coefficient (Wildman–Crippen LogP) is 5.43. The Labute approximate surface area is 123 Å². The van der Waals surface area contributed by atoms with Gasteiger partial charge in [0.1, 0.15) is 5.76 Å². The van der Waals surface area contributed by atoms with Gasteiger partial charge in [0.15, 0.2) is 0 Å². The fourth-order valence-electron chi connectivity index (χ4n) is 2.01. The van der Waals surface area contributed by atoms with Crippen molar-refractivity contribution in [1.82, 2.24) is 0 Å². The average molecular weight is 268 g/mol. The average Bonchev–Trinajstić information content (AvgIpc) is 2.51. The fourth-order valence-corrected chi connectivity index (χ4v) is 2.01. The van der Waals surface area contributed by atoms with Crippen molar-refractivity contribution in [3.05, 3.63) is 83.7 Å². The Balaban J connectivity index is 3.11. The number of rotatable bonds is 6. The van der Waals surface area contributed by atoms with E-state index >= 15 is 0 Å². The van der Waals surface area contributed by atoms with Crippen molar-refractivity contribution in [3.8, 4) is 0 Å². The summed E-state index contributed by atoms with van der Waals surface area (Å²) >= 11 is 0. The van der Waals surface area contributed by atoms with E-state index in [4.69, 9.17) is 4.74 Å². The van der Waals surface area contributed by atoms with Crippen molar-refractivity contribution >= 4 is 0 Å². The van der Waals surface area contributed by atoms with Crippen molar-refractivity contribution in [2.45, 2.75) is 26.7 Å². The standard InChI is InChI=1S/C19H24O/c1-5-8-12-16(6-2)19(20-4)15-17(7-3)18-13-10-9-11-14-18/h5-8,10,12-15H,2,9,11H2,1,3-4H3/b8-5-,16-12+,17-7+,19-15-. The first-order valence-corrected chi connectivity index (χ1v) is 7.01. The minimum Gasteiger partial charge on any atom is -0.496 e. The maximum absolute atomic E-state index is 5.52. The maximum atomic E-state index is 5.52. The molecule has 1 heteroatoms. The van der Waals surface area contributed by atoms with E-state index in [2.05, 4.69) is 37.0 Å². The summed E-state index contributed by atoms with van der Waals surface area (Å²) in [6.45, 7) is 7.89. The molecular formula is C19H24O. The van der Waals surface area contributed by atoms with Crippen LogP contribution in [0.25, 0.3) is 0 Å². The molecule has 0 N–H and O–H groups in total. The van der Waals surface area contributed by atoms with E-state index in [1.165, 1.54) is 11.1 Å². The molecule has 0 aromatic carbocycles. The van der Waals surface area contributed by atoms with Gasteiger partial charge < -0.3 is 4.74 Å². The van der Waals surface area contributed by atoms with Crippen molar-refractivity contribution in [1.29, 1.82) is 0 Å². The lowest BCUT2D eigenvalue weighted by Crippen LogP contribution is -1.94. The SMILES string of the molecule is C=CC(=C\C=C/C)/C(=C/C(=C\C)C1=CCCC=C1)OC. The smallest absolute Gasteiger partial charge is 0.126 e. The minimum atomic E-state index is 0.825. The summed E-state index contributed by atoms with van der Waals surface area (Å²) in [5.74, 6) is 0.825. The summed E-state index contributed by atoms with van der Waals surface area (Å²) in [5, 5.41) is 0. The van der Waals surface area contributed by atoms with E-state index < -0.39 is 0 Å². The van der Waals surface area contributed by atoms with Crippen molar-refractivity contribution < 1.29 is 4.74 Å². The van der Waals surface area contributed by atoms with Crippen LogP contribution in [-0.4, -0.2) is 7.11 Å². The third kappa shape index (κ3) is 4.58. The molecule has 1 rings (SSSR count). The van der Waals surface area contributed by atoms with Crippen LogP contribution in [0.3, 0.4) is 0 Å². The highest BCUT2D eigenvalue weighted by molar-refractivity contribution is 5.51. The molecule has 0 spiro atoms. The molecule has 0 aliphatic heterocycles. The second kappa shape index (κ2) is 8.98. The highest BCUT2D eigenvalue weighted by atomic mass is 16.5. The van der Waals surface area contributed by atoms with Gasteiger partial charge in [0.2, 0.25) is 0 Å². The quantitative estimate of drug-likeness (QED) is 0.461. The van der Waals surface area contributed by atoms with E-state index in [9.17, 15) is 0 Å². The molecule has 0 saturated heterocycles. The Kier molecular flexibility index (Phi) is 7.20. The molecule has 0 saturated carbocycles. The van der Waals surface area contributed by atoms with E-state index in [1.54, 1.807) is 7.11 Å². The Morgan fingerprint density at radius 2 is 2.10 bits per heavy atom. The molecule has 1 aliphatic carbocycles. The van der Waals surface area contributed by atoms with Gasteiger partial charge in [-0.2, -0.15) is 0 Å². The van der Waals surface area contributed by atoms with Gasteiger partial charge in [-0.15, -0.1) is 0 Å². The van der Waals surface area contributed by atoms with Gasteiger partial charge in [-0.05, 0) is 43.9 Å². The zero-order valence-electron chi connectivity index (χ0n) is 12.7. The Bertz CT molecular complexity index is 508. The first-order chi connectivity index (χ1) is 9.76. The van der Waals surface area contributed by atoms with Gasteiger partial charge in [0.25, 0.3) is 0 Å². The number of hydrogen-bond donors (Lipinski definition) is 0. The van der Waals surface area contributed by atoms with Crippen LogP contribution in [0.2, 0.25) is 0 Å². The summed E-state index contributed by atoms with van der Waals surface area (Å²) in [6, 6.07) is 0. The Morgan fingerprint density at radius 3 is 2.60 bits per heavy atom. The van der Waals surface area contributed by atoms with Gasteiger partial charge in [-0.3, -0.25) is 0 Å². The van der Waals surface area contributed by atoms with Crippen LogP contribution in [0.1, 0.15) is 26.7 Å². The number of hydrogen-bond acceptors (Lipinski definition) is 1. The van der Waals surface area contributed by atoms with E-state index in [1.807, 2.05) is 38.2 Å². The van der Waals surface area contributed by atoms with E-state index in [0.717, 1.165) is 24.2 Å². The zero-order valence-corrected chi connectivity index (χ0v) is 12.7. The van der Waals surface area contributed by atoms with Crippen LogP contribution >= 0.6 is 0 Å². The van der Waals surface area contributed by atoms with Crippen molar-refractivity contribution in [2.24, 2.45) is 0 Å². The second-order valence-corrected chi connectivity index (χ2v) is 4.45. The van der Waals surface area contributed by atoms with Crippen LogP contribution in [0, 0.1) is 0 Å². The molecule has 0 bridgehead atoms. The first kappa shape index (κ1) is 16.0. The van der Waals surface area contributed by atoms with Gasteiger partial charge in [-0.1, -0.05) is 55.2 Å². The highest BCUT2D eigenvalue weighted by Crippen LogP contribution is 2.23. The van der Waals surface area contributed by atoms with Crippen LogP contribution < -0.4 is 0 Å². The summed E-state index contributed by atoms with van der Waals surface area (Å²) in [6.07, 6.45) is 20.8. The third-order valence-electron chi connectivity index (χ3n) is 3.12. The molecule has 0 unspecified atom stereocenters. The molecule has 0 heterocycles. The topological polar surface area (TPSA) is 9.23 Å². The molecular weight excluding hydrogens is 244 g/mol. The largest absolute Gasteiger partial charge is 0.496 e. The number of methoxy groups -OCH3 is 1. The van der Waals surface area contributed by atoms with Crippen LogP contribution in [0.15, 0.2) is 83.7 Å². The molecule has 20 heavy (non-hydrogen) atoms. The maximum Gasteiger partial charge on any atom is 0.126 e. The lowest BCUT2D eigenvalue weighted by Gasteiger charge is -2.11. The predicted molar refractivity (Wildman–Crippen MR) is 88.4 cm³/mol. The lowest BCUT2D eigenvalue weighted by atomic mass is 9.98. The molecule has 0 atom stereocenters. The fraction of sp³-hybridized carbons (Fsp3) is 0.263. The summed E-state index contributed by atoms with van der Waals surface area (Å²) in [4.78, 5) is 0. The van der Waals surface area contributed by atoms with E-state index in [-0.39, 0.29) is 0 Å². The first-order valence-electron chi connectivity index (χ1n) is 7.01. The Morgan fingerprint density at radius 1 is 1.30 bits per heavy atom. The highest BCUT2D eigenvalue weighted by Gasteiger charge is 2.06. The zero-order chi connectivity index (χ0) is 14.8. The number of ether oxygens (including phenoxy) is 1.